The summed E-state index contributed by atoms with van der Waals surface area (Å²) in [6.07, 6.45) is 5.15. The molecule has 2 aliphatic rings. The van der Waals surface area contributed by atoms with E-state index < -0.39 is 0 Å². The summed E-state index contributed by atoms with van der Waals surface area (Å²) in [6, 6.07) is 8.88. The molecular formula is C19H23N3O2. The molecule has 0 unspecified atom stereocenters. The zero-order chi connectivity index (χ0) is 16.9. The van der Waals surface area contributed by atoms with Gasteiger partial charge in [-0.3, -0.25) is 9.59 Å². The number of amides is 2. The molecule has 5 nitrogen and oxygen atoms in total. The van der Waals surface area contributed by atoms with Gasteiger partial charge < -0.3 is 9.80 Å². The highest BCUT2D eigenvalue weighted by atomic mass is 16.2. The smallest absolute Gasteiger partial charge is 0.253 e. The zero-order valence-corrected chi connectivity index (χ0v) is 13.9. The zero-order valence-electron chi connectivity index (χ0n) is 13.9. The van der Waals surface area contributed by atoms with Crippen LogP contribution in [0.3, 0.4) is 0 Å². The van der Waals surface area contributed by atoms with E-state index in [1.807, 2.05) is 4.90 Å². The van der Waals surface area contributed by atoms with Crippen LogP contribution < -0.4 is 0 Å². The number of hydrogen-bond acceptors (Lipinski definition) is 3. The largest absolute Gasteiger partial charge is 0.341 e. The van der Waals surface area contributed by atoms with Crippen molar-refractivity contribution in [2.75, 3.05) is 26.2 Å². The predicted octanol–water partition coefficient (Wildman–Crippen LogP) is 2.42. The summed E-state index contributed by atoms with van der Waals surface area (Å²) in [6.45, 7) is 2.56. The third kappa shape index (κ3) is 3.59. The molecule has 2 fully saturated rings. The molecule has 1 heterocycles. The van der Waals surface area contributed by atoms with E-state index >= 15 is 0 Å². The summed E-state index contributed by atoms with van der Waals surface area (Å²) in [7, 11) is 0. The van der Waals surface area contributed by atoms with E-state index in [1.165, 1.54) is 0 Å². The summed E-state index contributed by atoms with van der Waals surface area (Å²) in [5, 5.41) is 8.98. The Kier molecular flexibility index (Phi) is 5.14. The first-order chi connectivity index (χ1) is 11.7. The van der Waals surface area contributed by atoms with Gasteiger partial charge in [0.25, 0.3) is 5.91 Å². The molecule has 0 bridgehead atoms. The quantitative estimate of drug-likeness (QED) is 0.839. The molecule has 1 saturated heterocycles. The molecule has 1 aromatic rings. The van der Waals surface area contributed by atoms with Gasteiger partial charge in [0.1, 0.15) is 0 Å². The highest BCUT2D eigenvalue weighted by Gasteiger charge is 2.29. The van der Waals surface area contributed by atoms with Crippen LogP contribution in [0.25, 0.3) is 0 Å². The summed E-state index contributed by atoms with van der Waals surface area (Å²) in [5.41, 5.74) is 1.04. The topological polar surface area (TPSA) is 64.4 Å². The van der Waals surface area contributed by atoms with Crippen molar-refractivity contribution in [2.45, 2.75) is 32.1 Å². The van der Waals surface area contributed by atoms with Crippen molar-refractivity contribution in [1.82, 2.24) is 9.80 Å². The van der Waals surface area contributed by atoms with Gasteiger partial charge in [-0.2, -0.15) is 5.26 Å². The lowest BCUT2D eigenvalue weighted by molar-refractivity contribution is -0.135. The normalized spacial score (nSPS) is 19.0. The SMILES string of the molecule is N#Cc1cccc(C(=O)N2CCCN(C(=O)C3CCCC3)CC2)c1. The molecule has 1 saturated carbocycles. The number of nitriles is 1. The van der Waals surface area contributed by atoms with Crippen LogP contribution in [-0.2, 0) is 4.79 Å². The molecule has 0 atom stereocenters. The van der Waals surface area contributed by atoms with E-state index in [-0.39, 0.29) is 17.7 Å². The van der Waals surface area contributed by atoms with E-state index in [9.17, 15) is 9.59 Å². The summed E-state index contributed by atoms with van der Waals surface area (Å²) in [4.78, 5) is 29.0. The van der Waals surface area contributed by atoms with E-state index in [1.54, 1.807) is 29.2 Å². The molecule has 1 aliphatic carbocycles. The molecule has 3 rings (SSSR count). The Morgan fingerprint density at radius 1 is 1.00 bits per heavy atom. The van der Waals surface area contributed by atoms with Crippen LogP contribution in [0.15, 0.2) is 24.3 Å². The minimum Gasteiger partial charge on any atom is -0.341 e. The van der Waals surface area contributed by atoms with Crippen molar-refractivity contribution in [1.29, 1.82) is 5.26 Å². The molecular weight excluding hydrogens is 302 g/mol. The lowest BCUT2D eigenvalue weighted by Crippen LogP contribution is -2.39. The van der Waals surface area contributed by atoms with Crippen LogP contribution in [0.4, 0.5) is 0 Å². The fourth-order valence-electron chi connectivity index (χ4n) is 3.68. The first-order valence-electron chi connectivity index (χ1n) is 8.77. The van der Waals surface area contributed by atoms with Gasteiger partial charge in [0.15, 0.2) is 0 Å². The second-order valence-corrected chi connectivity index (χ2v) is 6.65. The predicted molar refractivity (Wildman–Crippen MR) is 90.2 cm³/mol. The average molecular weight is 325 g/mol. The Bertz CT molecular complexity index is 659. The second kappa shape index (κ2) is 7.48. The third-order valence-corrected chi connectivity index (χ3v) is 5.04. The fraction of sp³-hybridized carbons (Fsp3) is 0.526. The van der Waals surface area contributed by atoms with Crippen LogP contribution in [0, 0.1) is 17.2 Å². The fourth-order valence-corrected chi connectivity index (χ4v) is 3.68. The molecule has 1 aliphatic heterocycles. The van der Waals surface area contributed by atoms with Gasteiger partial charge in [-0.25, -0.2) is 0 Å². The monoisotopic (exact) mass is 325 g/mol. The lowest BCUT2D eigenvalue weighted by atomic mass is 10.1. The molecule has 2 amide bonds. The van der Waals surface area contributed by atoms with Crippen LogP contribution >= 0.6 is 0 Å². The molecule has 126 valence electrons. The van der Waals surface area contributed by atoms with E-state index in [0.29, 0.717) is 30.8 Å². The number of carbonyl (C=O) groups excluding carboxylic acids is 2. The Balaban J connectivity index is 1.63. The van der Waals surface area contributed by atoms with Gasteiger partial charge in [-0.1, -0.05) is 18.9 Å². The molecule has 0 spiro atoms. The van der Waals surface area contributed by atoms with Gasteiger partial charge >= 0.3 is 0 Å². The van der Waals surface area contributed by atoms with Crippen LogP contribution in [0.1, 0.15) is 48.0 Å². The maximum absolute atomic E-state index is 12.7. The van der Waals surface area contributed by atoms with E-state index in [2.05, 4.69) is 6.07 Å². The third-order valence-electron chi connectivity index (χ3n) is 5.04. The standard InChI is InChI=1S/C19H23N3O2/c20-14-15-5-3-8-17(13-15)19(24)22-10-4-9-21(11-12-22)18(23)16-6-1-2-7-16/h3,5,8,13,16H,1-2,4,6-7,9-12H2. The van der Waals surface area contributed by atoms with Crippen molar-refractivity contribution < 1.29 is 9.59 Å². The van der Waals surface area contributed by atoms with Crippen molar-refractivity contribution in [3.63, 3.8) is 0 Å². The highest BCUT2D eigenvalue weighted by Crippen LogP contribution is 2.27. The number of benzene rings is 1. The average Bonchev–Trinajstić information content (AvgIpc) is 3.05. The van der Waals surface area contributed by atoms with Gasteiger partial charge in [0.05, 0.1) is 11.6 Å². The number of hydrogen-bond donors (Lipinski definition) is 0. The second-order valence-electron chi connectivity index (χ2n) is 6.65. The van der Waals surface area contributed by atoms with Gasteiger partial charge in [-0.05, 0) is 37.5 Å². The van der Waals surface area contributed by atoms with Gasteiger partial charge in [0.2, 0.25) is 5.91 Å². The van der Waals surface area contributed by atoms with Crippen molar-refractivity contribution in [3.8, 4) is 6.07 Å². The maximum Gasteiger partial charge on any atom is 0.253 e. The number of carbonyl (C=O) groups is 2. The Hall–Kier alpha value is -2.35. The lowest BCUT2D eigenvalue weighted by Gasteiger charge is -2.24. The highest BCUT2D eigenvalue weighted by molar-refractivity contribution is 5.94. The Morgan fingerprint density at radius 2 is 1.71 bits per heavy atom. The van der Waals surface area contributed by atoms with Gasteiger partial charge in [-0.15, -0.1) is 0 Å². The molecule has 5 heteroatoms. The summed E-state index contributed by atoms with van der Waals surface area (Å²) in [5.74, 6) is 0.412. The molecule has 0 radical (unpaired) electrons. The molecule has 1 aromatic carbocycles. The Morgan fingerprint density at radius 3 is 2.46 bits per heavy atom. The van der Waals surface area contributed by atoms with Crippen LogP contribution in [-0.4, -0.2) is 47.8 Å². The van der Waals surface area contributed by atoms with Crippen LogP contribution in [0.2, 0.25) is 0 Å². The molecule has 0 N–H and O–H groups in total. The molecule has 0 aromatic heterocycles. The number of rotatable bonds is 2. The first-order valence-corrected chi connectivity index (χ1v) is 8.77. The minimum atomic E-state index is -0.0535. The van der Waals surface area contributed by atoms with Gasteiger partial charge in [0, 0.05) is 37.7 Å². The maximum atomic E-state index is 12.7. The van der Waals surface area contributed by atoms with Crippen molar-refractivity contribution in [2.24, 2.45) is 5.92 Å². The van der Waals surface area contributed by atoms with Crippen molar-refractivity contribution >= 4 is 11.8 Å². The van der Waals surface area contributed by atoms with E-state index in [4.69, 9.17) is 5.26 Å². The van der Waals surface area contributed by atoms with Crippen LogP contribution in [0.5, 0.6) is 0 Å². The van der Waals surface area contributed by atoms with Crippen molar-refractivity contribution in [3.05, 3.63) is 35.4 Å². The van der Waals surface area contributed by atoms with E-state index in [0.717, 1.165) is 38.6 Å². The molecule has 24 heavy (non-hydrogen) atoms. The summed E-state index contributed by atoms with van der Waals surface area (Å²) >= 11 is 0. The summed E-state index contributed by atoms with van der Waals surface area (Å²) < 4.78 is 0. The Labute approximate surface area is 142 Å². The first kappa shape index (κ1) is 16.5. The minimum absolute atomic E-state index is 0.0535. The number of nitrogens with zero attached hydrogens (tertiary/aromatic N) is 3.